The molecule has 100 valence electrons. The van der Waals surface area contributed by atoms with Gasteiger partial charge in [-0.15, -0.1) is 0 Å². The average molecular weight is 251 g/mol. The standard InChI is InChI=1S/C14H21NO3/c1-14(2,3)18-13(16)15-5-9-7-4-8(10(9)6-15)12-11(7)17-12/h7-12H,4-6H2,1-3H3/t7-,8-,9-,10+,11+,12+/m1/s1. The number of fused-ring (bicyclic) bond motifs is 8. The number of hydrogen-bond donors (Lipinski definition) is 0. The summed E-state index contributed by atoms with van der Waals surface area (Å²) in [5.74, 6) is 2.78. The fraction of sp³-hybridized carbons (Fsp3) is 0.929. The molecule has 2 bridgehead atoms. The van der Waals surface area contributed by atoms with Crippen molar-refractivity contribution in [2.75, 3.05) is 13.1 Å². The summed E-state index contributed by atoms with van der Waals surface area (Å²) in [5.41, 5.74) is -0.390. The van der Waals surface area contributed by atoms with Gasteiger partial charge in [0.15, 0.2) is 0 Å². The lowest BCUT2D eigenvalue weighted by Gasteiger charge is -2.25. The van der Waals surface area contributed by atoms with Crippen LogP contribution in [0.3, 0.4) is 0 Å². The highest BCUT2D eigenvalue weighted by Crippen LogP contribution is 2.63. The van der Waals surface area contributed by atoms with Crippen LogP contribution in [0.4, 0.5) is 4.79 Å². The molecule has 2 saturated heterocycles. The summed E-state index contributed by atoms with van der Waals surface area (Å²) in [5, 5.41) is 0. The average Bonchev–Trinajstić information content (AvgIpc) is 2.68. The predicted octanol–water partition coefficient (Wildman–Crippen LogP) is 1.89. The van der Waals surface area contributed by atoms with Crippen molar-refractivity contribution in [3.05, 3.63) is 0 Å². The molecule has 4 heteroatoms. The van der Waals surface area contributed by atoms with E-state index in [9.17, 15) is 4.79 Å². The summed E-state index contributed by atoms with van der Waals surface area (Å²) < 4.78 is 11.2. The van der Waals surface area contributed by atoms with Crippen molar-refractivity contribution in [2.45, 2.75) is 45.0 Å². The van der Waals surface area contributed by atoms with Gasteiger partial charge >= 0.3 is 6.09 Å². The van der Waals surface area contributed by atoms with Crippen LogP contribution in [-0.2, 0) is 9.47 Å². The molecular weight excluding hydrogens is 230 g/mol. The van der Waals surface area contributed by atoms with Crippen LogP contribution in [0.5, 0.6) is 0 Å². The van der Waals surface area contributed by atoms with Crippen molar-refractivity contribution in [3.63, 3.8) is 0 Å². The van der Waals surface area contributed by atoms with E-state index >= 15 is 0 Å². The second-order valence-corrected chi connectivity index (χ2v) is 7.34. The number of nitrogens with zero attached hydrogens (tertiary/aromatic N) is 1. The van der Waals surface area contributed by atoms with Gasteiger partial charge < -0.3 is 14.4 Å². The number of carbonyl (C=O) groups excluding carboxylic acids is 1. The van der Waals surface area contributed by atoms with Crippen LogP contribution in [-0.4, -0.2) is 41.9 Å². The maximum atomic E-state index is 12.1. The molecule has 2 aliphatic heterocycles. The van der Waals surface area contributed by atoms with Crippen LogP contribution in [0.25, 0.3) is 0 Å². The molecular formula is C14H21NO3. The molecule has 0 aromatic rings. The third-order valence-corrected chi connectivity index (χ3v) is 5.11. The Kier molecular flexibility index (Phi) is 1.98. The number of epoxide rings is 1. The fourth-order valence-corrected chi connectivity index (χ4v) is 4.48. The van der Waals surface area contributed by atoms with Crippen LogP contribution < -0.4 is 0 Å². The lowest BCUT2D eigenvalue weighted by Crippen LogP contribution is -2.36. The number of carbonyl (C=O) groups is 1. The second kappa shape index (κ2) is 3.21. The van der Waals surface area contributed by atoms with Crippen molar-refractivity contribution < 1.29 is 14.3 Å². The number of likely N-dealkylation sites (tertiary alicyclic amines) is 1. The maximum Gasteiger partial charge on any atom is 0.410 e. The largest absolute Gasteiger partial charge is 0.444 e. The van der Waals surface area contributed by atoms with Gasteiger partial charge in [-0.2, -0.15) is 0 Å². The zero-order valence-corrected chi connectivity index (χ0v) is 11.3. The lowest BCUT2D eigenvalue weighted by molar-refractivity contribution is 0.0268. The molecule has 2 saturated carbocycles. The van der Waals surface area contributed by atoms with E-state index in [0.717, 1.165) is 24.9 Å². The Morgan fingerprint density at radius 1 is 1.11 bits per heavy atom. The Hall–Kier alpha value is -0.770. The molecule has 0 unspecified atom stereocenters. The smallest absolute Gasteiger partial charge is 0.410 e. The zero-order valence-electron chi connectivity index (χ0n) is 11.3. The summed E-state index contributed by atoms with van der Waals surface area (Å²) >= 11 is 0. The number of hydrogen-bond acceptors (Lipinski definition) is 3. The summed E-state index contributed by atoms with van der Waals surface area (Å²) in [6, 6.07) is 0. The van der Waals surface area contributed by atoms with E-state index in [0.29, 0.717) is 24.0 Å². The molecule has 0 radical (unpaired) electrons. The molecule has 0 N–H and O–H groups in total. The van der Waals surface area contributed by atoms with E-state index in [1.165, 1.54) is 6.42 Å². The van der Waals surface area contributed by atoms with Gasteiger partial charge in [-0.05, 0) is 50.9 Å². The van der Waals surface area contributed by atoms with Gasteiger partial charge in [-0.1, -0.05) is 0 Å². The van der Waals surface area contributed by atoms with Gasteiger partial charge in [-0.25, -0.2) is 4.79 Å². The quantitative estimate of drug-likeness (QED) is 0.617. The minimum absolute atomic E-state index is 0.133. The first-order chi connectivity index (χ1) is 8.44. The van der Waals surface area contributed by atoms with Crippen molar-refractivity contribution in [1.82, 2.24) is 4.90 Å². The number of rotatable bonds is 0. The Balaban J connectivity index is 1.45. The monoisotopic (exact) mass is 251 g/mol. The Bertz CT molecular complexity index is 380. The van der Waals surface area contributed by atoms with E-state index in [1.54, 1.807) is 0 Å². The van der Waals surface area contributed by atoms with Crippen LogP contribution in [0.1, 0.15) is 27.2 Å². The summed E-state index contributed by atoms with van der Waals surface area (Å²) in [4.78, 5) is 14.0. The highest BCUT2D eigenvalue weighted by Gasteiger charge is 2.69. The lowest BCUT2D eigenvalue weighted by atomic mass is 9.82. The molecule has 2 heterocycles. The van der Waals surface area contributed by atoms with Gasteiger partial charge in [0, 0.05) is 13.1 Å². The molecule has 18 heavy (non-hydrogen) atoms. The second-order valence-electron chi connectivity index (χ2n) is 7.34. The number of ether oxygens (including phenoxy) is 2. The first-order valence-electron chi connectivity index (χ1n) is 7.07. The Labute approximate surface area is 108 Å². The van der Waals surface area contributed by atoms with Crippen molar-refractivity contribution in [2.24, 2.45) is 23.7 Å². The molecule has 0 aromatic carbocycles. The van der Waals surface area contributed by atoms with Crippen molar-refractivity contribution in [1.29, 1.82) is 0 Å². The van der Waals surface area contributed by atoms with E-state index in [1.807, 2.05) is 25.7 Å². The minimum Gasteiger partial charge on any atom is -0.444 e. The molecule has 6 atom stereocenters. The highest BCUT2D eigenvalue weighted by molar-refractivity contribution is 5.68. The van der Waals surface area contributed by atoms with E-state index in [2.05, 4.69) is 0 Å². The van der Waals surface area contributed by atoms with Crippen molar-refractivity contribution >= 4 is 6.09 Å². The van der Waals surface area contributed by atoms with E-state index < -0.39 is 0 Å². The fourth-order valence-electron chi connectivity index (χ4n) is 4.48. The molecule has 1 amide bonds. The zero-order chi connectivity index (χ0) is 12.7. The van der Waals surface area contributed by atoms with Gasteiger partial charge in [0.25, 0.3) is 0 Å². The SMILES string of the molecule is CC(C)(C)OC(=O)N1C[C@@H]2[C@H](C1)[C@H]1C[C@H]2[C@@H]2O[C@@H]12. The summed E-state index contributed by atoms with van der Waals surface area (Å²) in [6.07, 6.45) is 2.28. The topological polar surface area (TPSA) is 42.1 Å². The summed E-state index contributed by atoms with van der Waals surface area (Å²) in [7, 11) is 0. The highest BCUT2D eigenvalue weighted by atomic mass is 16.6. The van der Waals surface area contributed by atoms with Gasteiger partial charge in [0.2, 0.25) is 0 Å². The molecule has 2 aliphatic carbocycles. The molecule has 0 aromatic heterocycles. The van der Waals surface area contributed by atoms with E-state index in [-0.39, 0.29) is 11.7 Å². The molecule has 0 spiro atoms. The first kappa shape index (κ1) is 11.1. The van der Waals surface area contributed by atoms with Crippen LogP contribution in [0.15, 0.2) is 0 Å². The third-order valence-electron chi connectivity index (χ3n) is 5.11. The number of amides is 1. The van der Waals surface area contributed by atoms with Crippen LogP contribution in [0, 0.1) is 23.7 Å². The molecule has 4 rings (SSSR count). The first-order valence-corrected chi connectivity index (χ1v) is 7.07. The summed E-state index contributed by atoms with van der Waals surface area (Å²) in [6.45, 7) is 7.54. The van der Waals surface area contributed by atoms with E-state index in [4.69, 9.17) is 9.47 Å². The van der Waals surface area contributed by atoms with Crippen LogP contribution >= 0.6 is 0 Å². The van der Waals surface area contributed by atoms with Gasteiger partial charge in [0.1, 0.15) is 5.60 Å². The third kappa shape index (κ3) is 1.44. The van der Waals surface area contributed by atoms with Gasteiger partial charge in [-0.3, -0.25) is 0 Å². The maximum absolute atomic E-state index is 12.1. The predicted molar refractivity (Wildman–Crippen MR) is 65.0 cm³/mol. The molecule has 4 nitrogen and oxygen atoms in total. The minimum atomic E-state index is -0.390. The Morgan fingerprint density at radius 3 is 2.17 bits per heavy atom. The molecule has 4 aliphatic rings. The van der Waals surface area contributed by atoms with Gasteiger partial charge in [0.05, 0.1) is 12.2 Å². The normalized spacial score (nSPS) is 48.1. The van der Waals surface area contributed by atoms with Crippen molar-refractivity contribution in [3.8, 4) is 0 Å². The molecule has 4 fully saturated rings. The Morgan fingerprint density at radius 2 is 1.67 bits per heavy atom. The van der Waals surface area contributed by atoms with Crippen LogP contribution in [0.2, 0.25) is 0 Å².